The second-order valence-electron chi connectivity index (χ2n) is 10.5. The zero-order valence-electron chi connectivity index (χ0n) is 24.6. The fourth-order valence-electron chi connectivity index (χ4n) is 4.93. The van der Waals surface area contributed by atoms with Crippen LogP contribution >= 0.6 is 0 Å². The molecule has 4 N–H and O–H groups in total. The summed E-state index contributed by atoms with van der Waals surface area (Å²) < 4.78 is 0. The fourth-order valence-corrected chi connectivity index (χ4v) is 4.93. The van der Waals surface area contributed by atoms with E-state index >= 15 is 0 Å². The van der Waals surface area contributed by atoms with Gasteiger partial charge < -0.3 is 21.7 Å². The Hall–Kier alpha value is -4.78. The van der Waals surface area contributed by atoms with Crippen molar-refractivity contribution < 1.29 is 27.3 Å². The van der Waals surface area contributed by atoms with Crippen LogP contribution < -0.4 is 21.7 Å². The van der Waals surface area contributed by atoms with Crippen molar-refractivity contribution in [1.82, 2.24) is 0 Å². The van der Waals surface area contributed by atoms with Crippen LogP contribution in [0.3, 0.4) is 0 Å². The first-order valence-electron chi connectivity index (χ1n) is 14.5. The molecule has 0 aromatic heterocycles. The van der Waals surface area contributed by atoms with Crippen LogP contribution in [-0.2, 0) is 29.9 Å². The van der Waals surface area contributed by atoms with Gasteiger partial charge in [-0.05, 0) is 58.7 Å². The first-order chi connectivity index (χ1) is 21.5. The van der Waals surface area contributed by atoms with Crippen LogP contribution in [0.1, 0.15) is 11.1 Å². The second kappa shape index (κ2) is 16.3. The molecule has 0 saturated heterocycles. The van der Waals surface area contributed by atoms with Gasteiger partial charge in [0, 0.05) is 22.9 Å². The van der Waals surface area contributed by atoms with Gasteiger partial charge >= 0.3 is 17.1 Å². The van der Waals surface area contributed by atoms with Gasteiger partial charge in [-0.2, -0.15) is 0 Å². The molecule has 1 radical (unpaired) electrons. The van der Waals surface area contributed by atoms with E-state index in [9.17, 15) is 10.2 Å². The Balaban J connectivity index is 0.000000200. The summed E-state index contributed by atoms with van der Waals surface area (Å²) >= 11 is 0. The van der Waals surface area contributed by atoms with Gasteiger partial charge in [-0.25, -0.2) is 0 Å². The normalized spacial score (nSPS) is 12.9. The first kappa shape index (κ1) is 33.1. The molecule has 0 aliphatic heterocycles. The monoisotopic (exact) mass is 641 g/mol. The van der Waals surface area contributed by atoms with E-state index in [0.717, 1.165) is 32.7 Å². The molecule has 0 amide bonds. The van der Waals surface area contributed by atoms with Gasteiger partial charge in [0.2, 0.25) is 0 Å². The average Bonchev–Trinajstić information content (AvgIpc) is 3.06. The Morgan fingerprint density at radius 2 is 0.800 bits per heavy atom. The molecule has 45 heavy (non-hydrogen) atoms. The van der Waals surface area contributed by atoms with Crippen LogP contribution in [-0.4, -0.2) is 23.9 Å². The third-order valence-corrected chi connectivity index (χ3v) is 7.23. The smallest absolute Gasteiger partial charge is 0.861 e. The van der Waals surface area contributed by atoms with Gasteiger partial charge in [-0.1, -0.05) is 133 Å². The van der Waals surface area contributed by atoms with E-state index in [1.54, 1.807) is 0 Å². The maximum atomic E-state index is 12.3. The fraction of sp³-hybridized carbons (Fsp3) is 0.105. The van der Waals surface area contributed by atoms with Crippen LogP contribution in [0.15, 0.2) is 156 Å². The Bertz CT molecular complexity index is 1730. The van der Waals surface area contributed by atoms with E-state index in [4.69, 9.17) is 11.5 Å². The van der Waals surface area contributed by atoms with E-state index in [-0.39, 0.29) is 28.9 Å². The van der Waals surface area contributed by atoms with Gasteiger partial charge in [-0.3, -0.25) is 9.98 Å². The predicted molar refractivity (Wildman–Crippen MR) is 178 cm³/mol. The molecular formula is C38H34CuN4O2. The van der Waals surface area contributed by atoms with Crippen LogP contribution in [0.25, 0.3) is 21.5 Å². The van der Waals surface area contributed by atoms with E-state index in [0.29, 0.717) is 24.2 Å². The molecule has 6 aromatic carbocycles. The molecule has 229 valence electrons. The molecular weight excluding hydrogens is 608 g/mol. The molecule has 2 atom stereocenters. The minimum atomic E-state index is -0.624. The van der Waals surface area contributed by atoms with Crippen molar-refractivity contribution in [3.63, 3.8) is 0 Å². The summed E-state index contributed by atoms with van der Waals surface area (Å²) in [6.45, 7) is 0. The summed E-state index contributed by atoms with van der Waals surface area (Å²) in [7, 11) is 0. The molecule has 0 heterocycles. The quantitative estimate of drug-likeness (QED) is 0.128. The van der Waals surface area contributed by atoms with Crippen LogP contribution in [0.4, 0.5) is 11.4 Å². The molecule has 0 fully saturated rings. The molecule has 0 spiro atoms. The van der Waals surface area contributed by atoms with Crippen molar-refractivity contribution in [2.24, 2.45) is 21.5 Å². The Morgan fingerprint density at radius 1 is 0.467 bits per heavy atom. The van der Waals surface area contributed by atoms with Crippen molar-refractivity contribution in [3.05, 3.63) is 157 Å². The van der Waals surface area contributed by atoms with Crippen molar-refractivity contribution in [2.75, 3.05) is 0 Å². The van der Waals surface area contributed by atoms with Gasteiger partial charge in [-0.15, -0.1) is 0 Å². The van der Waals surface area contributed by atoms with Gasteiger partial charge in [0.1, 0.15) is 0 Å². The van der Waals surface area contributed by atoms with Crippen LogP contribution in [0, 0.1) is 0 Å². The van der Waals surface area contributed by atoms with E-state index in [2.05, 4.69) is 9.98 Å². The Morgan fingerprint density at radius 3 is 1.20 bits per heavy atom. The van der Waals surface area contributed by atoms with Gasteiger partial charge in [0.05, 0.1) is 11.4 Å². The molecule has 0 saturated carbocycles. The summed E-state index contributed by atoms with van der Waals surface area (Å²) in [5, 5.41) is 28.6. The summed E-state index contributed by atoms with van der Waals surface area (Å²) in [5.74, 6) is -0.583. The minimum absolute atomic E-state index is 0. The number of benzene rings is 6. The minimum Gasteiger partial charge on any atom is -0.861 e. The summed E-state index contributed by atoms with van der Waals surface area (Å²) in [5.41, 5.74) is 15.4. The van der Waals surface area contributed by atoms with Crippen LogP contribution in [0.5, 0.6) is 0 Å². The van der Waals surface area contributed by atoms with Crippen molar-refractivity contribution in [3.8, 4) is 0 Å². The van der Waals surface area contributed by atoms with E-state index in [1.165, 1.54) is 0 Å². The maximum absolute atomic E-state index is 12.3. The number of fused-ring (bicyclic) bond motifs is 2. The standard InChI is InChI=1S/2C19H18N2O.Cu/c2*20-17(13-14-7-2-1-3-8-14)19(22)21-18-12-6-10-15-9-4-5-11-16(15)18;/h2*1-12,17H,13,20H2,(H,21,22);/q;;+2/p-2. The molecule has 7 heteroatoms. The SMILES string of the molecule is NC(Cc1ccccc1)C([O-])=Nc1cccc2ccccc12.NC(Cc1ccccc1)C([O-])=Nc1cccc2ccccc12.[Cu+2]. The Labute approximate surface area is 274 Å². The largest absolute Gasteiger partial charge is 2.00 e. The van der Waals surface area contributed by atoms with E-state index in [1.807, 2.05) is 146 Å². The summed E-state index contributed by atoms with van der Waals surface area (Å²) in [4.78, 5) is 8.44. The van der Waals surface area contributed by atoms with Gasteiger partial charge in [0.25, 0.3) is 0 Å². The number of nitrogens with zero attached hydrogens (tertiary/aromatic N) is 2. The van der Waals surface area contributed by atoms with Gasteiger partial charge in [0.15, 0.2) is 0 Å². The maximum Gasteiger partial charge on any atom is 2.00 e. The predicted octanol–water partition coefficient (Wildman–Crippen LogP) is 5.60. The molecule has 6 rings (SSSR count). The summed E-state index contributed by atoms with van der Waals surface area (Å²) in [6.07, 6.45) is 0.988. The van der Waals surface area contributed by atoms with Crippen LogP contribution in [0.2, 0.25) is 0 Å². The molecule has 6 aromatic rings. The first-order valence-corrected chi connectivity index (χ1v) is 14.5. The van der Waals surface area contributed by atoms with E-state index < -0.39 is 12.1 Å². The average molecular weight is 642 g/mol. The Kier molecular flexibility index (Phi) is 12.0. The molecule has 0 bridgehead atoms. The number of aliphatic imine (C=N–C) groups is 2. The van der Waals surface area contributed by atoms with Crippen molar-refractivity contribution in [1.29, 1.82) is 0 Å². The molecule has 6 nitrogen and oxygen atoms in total. The zero-order valence-corrected chi connectivity index (χ0v) is 25.5. The van der Waals surface area contributed by atoms with Crippen molar-refractivity contribution >= 4 is 44.7 Å². The number of rotatable bonds is 8. The third kappa shape index (κ3) is 9.11. The number of hydrogen-bond acceptors (Lipinski definition) is 6. The molecule has 2 unspecified atom stereocenters. The molecule has 0 aliphatic rings. The second-order valence-corrected chi connectivity index (χ2v) is 10.5. The number of nitrogens with two attached hydrogens (primary N) is 2. The van der Waals surface area contributed by atoms with Crippen molar-refractivity contribution in [2.45, 2.75) is 24.9 Å². The molecule has 0 aliphatic carbocycles. The zero-order chi connectivity index (χ0) is 30.7. The number of hydrogen-bond donors (Lipinski definition) is 2. The third-order valence-electron chi connectivity index (χ3n) is 7.23. The summed E-state index contributed by atoms with van der Waals surface area (Å²) in [6, 6.07) is 45.5. The topological polar surface area (TPSA) is 123 Å².